The van der Waals surface area contributed by atoms with Crippen molar-refractivity contribution in [3.63, 3.8) is 0 Å². The van der Waals surface area contributed by atoms with Crippen LogP contribution in [0.3, 0.4) is 0 Å². The summed E-state index contributed by atoms with van der Waals surface area (Å²) in [5.41, 5.74) is 6.41. The number of aliphatic imine (C=N–C) groups is 1. The van der Waals surface area contributed by atoms with Crippen LogP contribution in [-0.4, -0.2) is 12.5 Å². The third-order valence-electron chi connectivity index (χ3n) is 2.36. The van der Waals surface area contributed by atoms with Gasteiger partial charge < -0.3 is 11.1 Å². The second kappa shape index (κ2) is 3.84. The van der Waals surface area contributed by atoms with Crippen LogP contribution in [0, 0.1) is 0 Å². The van der Waals surface area contributed by atoms with E-state index in [1.807, 2.05) is 0 Å². The fourth-order valence-electron chi connectivity index (χ4n) is 1.52. The standard InChI is InChI=1S/C10H11F2N3/c11-9(12)7-3-1-6(2-4-7)8-5-14-10(13)15-8/h1-4,8-9H,5H2,(H3,13,14,15). The topological polar surface area (TPSA) is 50.4 Å². The Labute approximate surface area is 86.0 Å². The van der Waals surface area contributed by atoms with Gasteiger partial charge in [0.1, 0.15) is 0 Å². The van der Waals surface area contributed by atoms with Crippen molar-refractivity contribution in [3.8, 4) is 0 Å². The number of halogens is 2. The molecule has 0 bridgehead atoms. The summed E-state index contributed by atoms with van der Waals surface area (Å²) in [5, 5.41) is 2.96. The lowest BCUT2D eigenvalue weighted by Crippen LogP contribution is -2.29. The molecule has 0 spiro atoms. The molecule has 0 radical (unpaired) electrons. The van der Waals surface area contributed by atoms with E-state index >= 15 is 0 Å². The zero-order valence-corrected chi connectivity index (χ0v) is 7.95. The maximum Gasteiger partial charge on any atom is 0.263 e. The number of nitrogens with one attached hydrogen (secondary N) is 1. The Morgan fingerprint density at radius 2 is 2.00 bits per heavy atom. The van der Waals surface area contributed by atoms with Crippen molar-refractivity contribution < 1.29 is 8.78 Å². The minimum atomic E-state index is -2.42. The molecule has 0 saturated carbocycles. The molecule has 80 valence electrons. The summed E-state index contributed by atoms with van der Waals surface area (Å²) >= 11 is 0. The van der Waals surface area contributed by atoms with Gasteiger partial charge in [0.15, 0.2) is 5.96 Å². The van der Waals surface area contributed by atoms with Crippen LogP contribution in [-0.2, 0) is 0 Å². The summed E-state index contributed by atoms with van der Waals surface area (Å²) in [4.78, 5) is 3.99. The van der Waals surface area contributed by atoms with Gasteiger partial charge in [0, 0.05) is 5.56 Å². The van der Waals surface area contributed by atoms with Gasteiger partial charge in [0.25, 0.3) is 6.43 Å². The molecule has 0 saturated heterocycles. The lowest BCUT2D eigenvalue weighted by atomic mass is 10.1. The maximum atomic E-state index is 12.3. The summed E-state index contributed by atoms with van der Waals surface area (Å²) in [5.74, 6) is 0.401. The summed E-state index contributed by atoms with van der Waals surface area (Å²) in [6.45, 7) is 0.555. The summed E-state index contributed by atoms with van der Waals surface area (Å²) in [6.07, 6.45) is -2.42. The van der Waals surface area contributed by atoms with E-state index in [1.165, 1.54) is 12.1 Å². The number of nitrogens with zero attached hydrogens (tertiary/aromatic N) is 1. The highest BCUT2D eigenvalue weighted by Gasteiger charge is 2.17. The Bertz CT molecular complexity index is 373. The van der Waals surface area contributed by atoms with Gasteiger partial charge in [-0.15, -0.1) is 0 Å². The number of hydrogen-bond donors (Lipinski definition) is 2. The molecule has 2 rings (SSSR count). The van der Waals surface area contributed by atoms with E-state index in [-0.39, 0.29) is 11.6 Å². The first-order valence-corrected chi connectivity index (χ1v) is 4.61. The van der Waals surface area contributed by atoms with Gasteiger partial charge in [-0.3, -0.25) is 4.99 Å². The lowest BCUT2D eigenvalue weighted by molar-refractivity contribution is 0.151. The largest absolute Gasteiger partial charge is 0.370 e. The maximum absolute atomic E-state index is 12.3. The van der Waals surface area contributed by atoms with Crippen molar-refractivity contribution >= 4 is 5.96 Å². The molecule has 0 fully saturated rings. The van der Waals surface area contributed by atoms with Crippen LogP contribution >= 0.6 is 0 Å². The first-order valence-electron chi connectivity index (χ1n) is 4.61. The molecule has 3 N–H and O–H groups in total. The van der Waals surface area contributed by atoms with Crippen LogP contribution in [0.1, 0.15) is 23.6 Å². The third-order valence-corrected chi connectivity index (χ3v) is 2.36. The molecule has 3 nitrogen and oxygen atoms in total. The number of benzene rings is 1. The molecule has 1 aromatic rings. The van der Waals surface area contributed by atoms with E-state index in [4.69, 9.17) is 5.73 Å². The first-order chi connectivity index (χ1) is 7.16. The second-order valence-corrected chi connectivity index (χ2v) is 3.39. The van der Waals surface area contributed by atoms with Crippen LogP contribution in [0.2, 0.25) is 0 Å². The van der Waals surface area contributed by atoms with E-state index in [0.29, 0.717) is 12.5 Å². The summed E-state index contributed by atoms with van der Waals surface area (Å²) in [7, 11) is 0. The average Bonchev–Trinajstić information content (AvgIpc) is 2.65. The highest BCUT2D eigenvalue weighted by molar-refractivity contribution is 5.80. The third kappa shape index (κ3) is 2.06. The second-order valence-electron chi connectivity index (χ2n) is 3.39. The Morgan fingerprint density at radius 3 is 2.47 bits per heavy atom. The Balaban J connectivity index is 2.11. The predicted octanol–water partition coefficient (Wildman–Crippen LogP) is 1.58. The van der Waals surface area contributed by atoms with E-state index in [2.05, 4.69) is 10.3 Å². The quantitative estimate of drug-likeness (QED) is 0.780. The highest BCUT2D eigenvalue weighted by atomic mass is 19.3. The molecule has 5 heteroatoms. The fraction of sp³-hybridized carbons (Fsp3) is 0.300. The number of hydrogen-bond acceptors (Lipinski definition) is 3. The van der Waals surface area contributed by atoms with Gasteiger partial charge in [-0.25, -0.2) is 8.78 Å². The molecule has 1 atom stereocenters. The van der Waals surface area contributed by atoms with Gasteiger partial charge in [-0.05, 0) is 5.56 Å². The number of alkyl halides is 2. The SMILES string of the molecule is NC1=NCC(c2ccc(C(F)F)cc2)N1. The molecule has 1 aliphatic rings. The van der Waals surface area contributed by atoms with Gasteiger partial charge >= 0.3 is 0 Å². The Hall–Kier alpha value is -1.65. The van der Waals surface area contributed by atoms with E-state index < -0.39 is 6.43 Å². The smallest absolute Gasteiger partial charge is 0.263 e. The van der Waals surface area contributed by atoms with Crippen molar-refractivity contribution in [2.24, 2.45) is 10.7 Å². The Morgan fingerprint density at radius 1 is 1.33 bits per heavy atom. The van der Waals surface area contributed by atoms with E-state index in [9.17, 15) is 8.78 Å². The normalized spacial score (nSPS) is 20.2. The zero-order chi connectivity index (χ0) is 10.8. The van der Waals surface area contributed by atoms with Crippen LogP contribution in [0.15, 0.2) is 29.3 Å². The predicted molar refractivity (Wildman–Crippen MR) is 53.8 cm³/mol. The van der Waals surface area contributed by atoms with Gasteiger partial charge in [-0.2, -0.15) is 0 Å². The van der Waals surface area contributed by atoms with Gasteiger partial charge in [0.05, 0.1) is 12.6 Å². The highest BCUT2D eigenvalue weighted by Crippen LogP contribution is 2.22. The molecule has 1 heterocycles. The lowest BCUT2D eigenvalue weighted by Gasteiger charge is -2.11. The zero-order valence-electron chi connectivity index (χ0n) is 7.95. The molecule has 0 aliphatic carbocycles. The molecule has 1 aromatic carbocycles. The minimum absolute atomic E-state index is 0.0109. The van der Waals surface area contributed by atoms with Crippen LogP contribution in [0.5, 0.6) is 0 Å². The van der Waals surface area contributed by atoms with Crippen LogP contribution < -0.4 is 11.1 Å². The molecule has 1 unspecified atom stereocenters. The van der Waals surface area contributed by atoms with Crippen LogP contribution in [0.25, 0.3) is 0 Å². The monoisotopic (exact) mass is 211 g/mol. The molecule has 15 heavy (non-hydrogen) atoms. The number of rotatable bonds is 2. The van der Waals surface area contributed by atoms with Crippen molar-refractivity contribution in [1.29, 1.82) is 0 Å². The molecular formula is C10H11F2N3. The van der Waals surface area contributed by atoms with E-state index in [1.54, 1.807) is 12.1 Å². The fourth-order valence-corrected chi connectivity index (χ4v) is 1.52. The molecule has 0 aromatic heterocycles. The van der Waals surface area contributed by atoms with Gasteiger partial charge in [0.2, 0.25) is 0 Å². The number of nitrogens with two attached hydrogens (primary N) is 1. The minimum Gasteiger partial charge on any atom is -0.370 e. The van der Waals surface area contributed by atoms with Crippen molar-refractivity contribution in [1.82, 2.24) is 5.32 Å². The summed E-state index contributed by atoms with van der Waals surface area (Å²) < 4.78 is 24.6. The summed E-state index contributed by atoms with van der Waals surface area (Å²) in [6, 6.07) is 6.21. The average molecular weight is 211 g/mol. The molecular weight excluding hydrogens is 200 g/mol. The van der Waals surface area contributed by atoms with Crippen molar-refractivity contribution in [2.45, 2.75) is 12.5 Å². The number of guanidine groups is 1. The molecule has 0 amide bonds. The molecule has 1 aliphatic heterocycles. The van der Waals surface area contributed by atoms with Crippen LogP contribution in [0.4, 0.5) is 8.78 Å². The van der Waals surface area contributed by atoms with Crippen molar-refractivity contribution in [3.05, 3.63) is 35.4 Å². The van der Waals surface area contributed by atoms with Gasteiger partial charge in [-0.1, -0.05) is 24.3 Å². The van der Waals surface area contributed by atoms with E-state index in [0.717, 1.165) is 5.56 Å². The first kappa shape index (κ1) is 9.89. The Kier molecular flexibility index (Phi) is 2.53. The van der Waals surface area contributed by atoms with Crippen molar-refractivity contribution in [2.75, 3.05) is 6.54 Å².